The van der Waals surface area contributed by atoms with E-state index in [1.165, 1.54) is 66.0 Å². The van der Waals surface area contributed by atoms with E-state index in [0.29, 0.717) is 0 Å². The van der Waals surface area contributed by atoms with Gasteiger partial charge < -0.3 is 9.47 Å². The first-order valence-corrected chi connectivity index (χ1v) is 18.5. The topological polar surface area (TPSA) is 8.17 Å². The summed E-state index contributed by atoms with van der Waals surface area (Å²) in [5.74, 6) is 0. The number of hydrogen-bond donors (Lipinski definition) is 0. The van der Waals surface area contributed by atoms with Crippen LogP contribution >= 0.6 is 0 Å². The highest BCUT2D eigenvalue weighted by Crippen LogP contribution is 2.47. The molecule has 10 rings (SSSR count). The molecule has 0 amide bonds. The van der Waals surface area contributed by atoms with Crippen LogP contribution in [-0.2, 0) is 0 Å². The van der Waals surface area contributed by atoms with Gasteiger partial charge in [-0.25, -0.2) is 0 Å². The second kappa shape index (κ2) is 13.4. The summed E-state index contributed by atoms with van der Waals surface area (Å²) in [6, 6.07) is 78.8. The molecule has 2 heteroatoms. The van der Waals surface area contributed by atoms with Crippen molar-refractivity contribution in [2.45, 2.75) is 0 Å². The van der Waals surface area contributed by atoms with E-state index in [2.05, 4.69) is 228 Å². The SMILES string of the molecule is c1ccc(-c2ccccc2-c2ccc(N(c3ccc(-c4ccccc4)c4ccccc34)c3cccc4c3c3ccccc3n4-c3ccccc3)cc2)cc1. The average molecular weight is 689 g/mol. The van der Waals surface area contributed by atoms with Gasteiger partial charge in [0.25, 0.3) is 0 Å². The van der Waals surface area contributed by atoms with Gasteiger partial charge in [-0.1, -0.05) is 170 Å². The van der Waals surface area contributed by atoms with Crippen molar-refractivity contribution in [3.05, 3.63) is 218 Å². The smallest absolute Gasteiger partial charge is 0.0562 e. The Hall–Kier alpha value is -7.16. The standard InChI is InChI=1S/C52H36N2/c1-4-17-37(18-5-1)42-23-10-11-24-43(42)39-31-33-41(34-32-39)54(49-36-35-44(38-19-6-2-7-20-38)45-25-12-13-26-46(45)49)51-30-16-29-50-52(51)47-27-14-15-28-48(47)53(50)40-21-8-3-9-22-40/h1-36H. The number of para-hydroxylation sites is 2. The number of aromatic nitrogens is 1. The Balaban J connectivity index is 1.23. The number of rotatable bonds is 7. The van der Waals surface area contributed by atoms with Crippen LogP contribution < -0.4 is 4.90 Å². The summed E-state index contributed by atoms with van der Waals surface area (Å²) in [6.45, 7) is 0. The lowest BCUT2D eigenvalue weighted by Crippen LogP contribution is -2.11. The third kappa shape index (κ3) is 5.36. The van der Waals surface area contributed by atoms with Gasteiger partial charge in [-0.3, -0.25) is 0 Å². The molecule has 0 saturated heterocycles. The van der Waals surface area contributed by atoms with Crippen LogP contribution in [0.25, 0.3) is 71.6 Å². The lowest BCUT2D eigenvalue weighted by Gasteiger charge is -2.28. The highest BCUT2D eigenvalue weighted by atomic mass is 15.1. The van der Waals surface area contributed by atoms with E-state index in [4.69, 9.17) is 0 Å². The second-order valence-corrected chi connectivity index (χ2v) is 13.7. The second-order valence-electron chi connectivity index (χ2n) is 13.7. The zero-order chi connectivity index (χ0) is 35.8. The maximum atomic E-state index is 2.47. The molecule has 0 radical (unpaired) electrons. The Kier molecular flexibility index (Phi) is 7.85. The van der Waals surface area contributed by atoms with E-state index in [9.17, 15) is 0 Å². The minimum Gasteiger partial charge on any atom is -0.309 e. The summed E-state index contributed by atoms with van der Waals surface area (Å²) < 4.78 is 2.40. The minimum absolute atomic E-state index is 1.09. The fourth-order valence-corrected chi connectivity index (χ4v) is 8.19. The molecule has 0 bridgehead atoms. The number of nitrogens with zero attached hydrogens (tertiary/aromatic N) is 2. The third-order valence-corrected chi connectivity index (χ3v) is 10.6. The van der Waals surface area contributed by atoms with E-state index in [0.717, 1.165) is 22.7 Å². The third-order valence-electron chi connectivity index (χ3n) is 10.6. The van der Waals surface area contributed by atoms with Crippen LogP contribution in [-0.4, -0.2) is 4.57 Å². The summed E-state index contributed by atoms with van der Waals surface area (Å²) in [7, 11) is 0. The van der Waals surface area contributed by atoms with E-state index < -0.39 is 0 Å². The molecule has 254 valence electrons. The van der Waals surface area contributed by atoms with Crippen molar-refractivity contribution in [2.75, 3.05) is 4.90 Å². The molecular formula is C52H36N2. The normalized spacial score (nSPS) is 11.3. The van der Waals surface area contributed by atoms with Gasteiger partial charge in [0, 0.05) is 27.5 Å². The molecule has 54 heavy (non-hydrogen) atoms. The molecule has 2 nitrogen and oxygen atoms in total. The molecule has 0 aliphatic heterocycles. The lowest BCUT2D eigenvalue weighted by molar-refractivity contribution is 1.18. The largest absolute Gasteiger partial charge is 0.309 e. The predicted octanol–water partition coefficient (Wildman–Crippen LogP) is 14.4. The van der Waals surface area contributed by atoms with Crippen molar-refractivity contribution in [1.29, 1.82) is 0 Å². The fraction of sp³-hybridized carbons (Fsp3) is 0. The number of hydrogen-bond acceptors (Lipinski definition) is 1. The van der Waals surface area contributed by atoms with Crippen molar-refractivity contribution < 1.29 is 0 Å². The first-order valence-electron chi connectivity index (χ1n) is 18.5. The van der Waals surface area contributed by atoms with E-state index >= 15 is 0 Å². The molecule has 0 aliphatic rings. The summed E-state index contributed by atoms with van der Waals surface area (Å²) >= 11 is 0. The molecule has 0 atom stereocenters. The molecule has 0 spiro atoms. The van der Waals surface area contributed by atoms with Crippen molar-refractivity contribution in [1.82, 2.24) is 4.57 Å². The minimum atomic E-state index is 1.09. The predicted molar refractivity (Wildman–Crippen MR) is 229 cm³/mol. The Bertz CT molecular complexity index is 2910. The van der Waals surface area contributed by atoms with Crippen molar-refractivity contribution >= 4 is 49.6 Å². The van der Waals surface area contributed by atoms with Crippen molar-refractivity contribution in [3.63, 3.8) is 0 Å². The van der Waals surface area contributed by atoms with Crippen LogP contribution in [0.4, 0.5) is 17.1 Å². The van der Waals surface area contributed by atoms with Crippen LogP contribution in [0.15, 0.2) is 218 Å². The van der Waals surface area contributed by atoms with Gasteiger partial charge in [0.1, 0.15) is 0 Å². The van der Waals surface area contributed by atoms with E-state index in [1.807, 2.05) is 0 Å². The number of fused-ring (bicyclic) bond motifs is 4. The van der Waals surface area contributed by atoms with Gasteiger partial charge in [0.05, 0.1) is 22.4 Å². The monoisotopic (exact) mass is 688 g/mol. The van der Waals surface area contributed by atoms with Crippen molar-refractivity contribution in [3.8, 4) is 39.1 Å². The number of benzene rings is 9. The summed E-state index contributed by atoms with van der Waals surface area (Å²) in [5, 5.41) is 4.85. The molecule has 1 aromatic heterocycles. The van der Waals surface area contributed by atoms with Gasteiger partial charge in [0.15, 0.2) is 0 Å². The fourth-order valence-electron chi connectivity index (χ4n) is 8.19. The van der Waals surface area contributed by atoms with E-state index in [-0.39, 0.29) is 0 Å². The zero-order valence-corrected chi connectivity index (χ0v) is 29.7. The Morgan fingerprint density at radius 3 is 1.50 bits per heavy atom. The highest BCUT2D eigenvalue weighted by molar-refractivity contribution is 6.18. The van der Waals surface area contributed by atoms with Gasteiger partial charge in [-0.15, -0.1) is 0 Å². The van der Waals surface area contributed by atoms with Gasteiger partial charge >= 0.3 is 0 Å². The summed E-state index contributed by atoms with van der Waals surface area (Å²) in [5.41, 5.74) is 14.1. The Morgan fingerprint density at radius 2 is 0.815 bits per heavy atom. The maximum absolute atomic E-state index is 2.47. The maximum Gasteiger partial charge on any atom is 0.0562 e. The van der Waals surface area contributed by atoms with Crippen LogP contribution in [0.3, 0.4) is 0 Å². The van der Waals surface area contributed by atoms with Crippen molar-refractivity contribution in [2.24, 2.45) is 0 Å². The van der Waals surface area contributed by atoms with Gasteiger partial charge in [-0.05, 0) is 87.3 Å². The van der Waals surface area contributed by atoms with Gasteiger partial charge in [-0.2, -0.15) is 0 Å². The van der Waals surface area contributed by atoms with Gasteiger partial charge in [0.2, 0.25) is 0 Å². The zero-order valence-electron chi connectivity index (χ0n) is 29.7. The summed E-state index contributed by atoms with van der Waals surface area (Å²) in [4.78, 5) is 2.47. The average Bonchev–Trinajstić information content (AvgIpc) is 3.60. The molecular weight excluding hydrogens is 653 g/mol. The molecule has 0 saturated carbocycles. The van der Waals surface area contributed by atoms with Crippen LogP contribution in [0.5, 0.6) is 0 Å². The van der Waals surface area contributed by atoms with Crippen LogP contribution in [0, 0.1) is 0 Å². The quantitative estimate of drug-likeness (QED) is 0.162. The molecule has 10 aromatic rings. The van der Waals surface area contributed by atoms with E-state index in [1.54, 1.807) is 0 Å². The lowest BCUT2D eigenvalue weighted by atomic mass is 9.94. The number of anilines is 3. The van der Waals surface area contributed by atoms with Crippen LogP contribution in [0.1, 0.15) is 0 Å². The molecule has 9 aromatic carbocycles. The molecule has 0 fully saturated rings. The first-order chi connectivity index (χ1) is 26.8. The molecule has 0 N–H and O–H groups in total. The molecule has 0 unspecified atom stereocenters. The summed E-state index contributed by atoms with van der Waals surface area (Å²) in [6.07, 6.45) is 0. The van der Waals surface area contributed by atoms with Crippen LogP contribution in [0.2, 0.25) is 0 Å². The first kappa shape index (κ1) is 31.6. The highest BCUT2D eigenvalue weighted by Gasteiger charge is 2.23. The molecule has 1 heterocycles. The Morgan fingerprint density at radius 1 is 0.296 bits per heavy atom. The molecule has 0 aliphatic carbocycles. The Labute approximate surface area is 315 Å².